The molecule has 4 nitrogen and oxygen atoms in total. The van der Waals surface area contributed by atoms with Crippen molar-refractivity contribution in [2.24, 2.45) is 0 Å². The lowest BCUT2D eigenvalue weighted by Crippen LogP contribution is -2.34. The van der Waals surface area contributed by atoms with E-state index >= 15 is 0 Å². The second-order valence-electron chi connectivity index (χ2n) is 6.29. The average Bonchev–Trinajstić information content (AvgIpc) is 2.92. The SMILES string of the molecule is O=C(NC1CCCCCC1)c1ccc(COc2ccc(Br)cc2Cl)o1. The fraction of sp³-hybridized carbons (Fsp3) is 0.421. The van der Waals surface area contributed by atoms with Crippen molar-refractivity contribution in [2.75, 3.05) is 0 Å². The first kappa shape index (κ1) is 18.3. The van der Waals surface area contributed by atoms with Crippen LogP contribution >= 0.6 is 27.5 Å². The Morgan fingerprint density at radius 2 is 1.96 bits per heavy atom. The first-order valence-electron chi connectivity index (χ1n) is 8.59. The van der Waals surface area contributed by atoms with E-state index in [1.807, 2.05) is 6.07 Å². The quantitative estimate of drug-likeness (QED) is 0.621. The molecule has 0 saturated heterocycles. The highest BCUT2D eigenvalue weighted by atomic mass is 79.9. The standard InChI is InChI=1S/C19H21BrClNO3/c20-13-7-9-17(16(21)11-13)24-12-15-8-10-18(25-15)19(23)22-14-5-3-1-2-4-6-14/h7-11,14H,1-6,12H2,(H,22,23). The molecule has 0 atom stereocenters. The van der Waals surface area contributed by atoms with Gasteiger partial charge in [-0.2, -0.15) is 0 Å². The summed E-state index contributed by atoms with van der Waals surface area (Å²) >= 11 is 9.48. The number of ether oxygens (including phenoxy) is 1. The molecule has 1 aromatic heterocycles. The number of carbonyl (C=O) groups is 1. The predicted octanol–water partition coefficient (Wildman–Crippen LogP) is 5.73. The Kier molecular flexibility index (Phi) is 6.43. The zero-order chi connectivity index (χ0) is 17.6. The van der Waals surface area contributed by atoms with Gasteiger partial charge >= 0.3 is 0 Å². The zero-order valence-corrected chi connectivity index (χ0v) is 16.2. The second kappa shape index (κ2) is 8.77. The molecule has 1 saturated carbocycles. The maximum atomic E-state index is 12.3. The molecule has 1 amide bonds. The van der Waals surface area contributed by atoms with E-state index in [0.717, 1.165) is 17.3 Å². The van der Waals surface area contributed by atoms with Crippen molar-refractivity contribution in [2.45, 2.75) is 51.2 Å². The predicted molar refractivity (Wildman–Crippen MR) is 101 cm³/mol. The third-order valence-corrected chi connectivity index (χ3v) is 5.13. The van der Waals surface area contributed by atoms with Crippen molar-refractivity contribution in [1.82, 2.24) is 5.32 Å². The third kappa shape index (κ3) is 5.25. The number of benzene rings is 1. The number of rotatable bonds is 5. The van der Waals surface area contributed by atoms with Gasteiger partial charge in [0.2, 0.25) is 0 Å². The van der Waals surface area contributed by atoms with E-state index in [4.69, 9.17) is 20.8 Å². The number of nitrogens with one attached hydrogen (secondary N) is 1. The molecular formula is C19H21BrClNO3. The van der Waals surface area contributed by atoms with Gasteiger partial charge in [0, 0.05) is 10.5 Å². The molecule has 1 fully saturated rings. The molecule has 2 aromatic rings. The molecule has 0 radical (unpaired) electrons. The molecule has 134 valence electrons. The van der Waals surface area contributed by atoms with Crippen molar-refractivity contribution < 1.29 is 13.9 Å². The lowest BCUT2D eigenvalue weighted by molar-refractivity contribution is 0.0901. The van der Waals surface area contributed by atoms with Crippen LogP contribution < -0.4 is 10.1 Å². The minimum absolute atomic E-state index is 0.153. The van der Waals surface area contributed by atoms with Crippen LogP contribution in [0.2, 0.25) is 5.02 Å². The van der Waals surface area contributed by atoms with Gasteiger partial charge in [-0.3, -0.25) is 4.79 Å². The van der Waals surface area contributed by atoms with Crippen molar-refractivity contribution in [1.29, 1.82) is 0 Å². The number of carbonyl (C=O) groups excluding carboxylic acids is 1. The molecule has 1 aliphatic carbocycles. The van der Waals surface area contributed by atoms with Crippen LogP contribution in [0.5, 0.6) is 5.75 Å². The molecule has 3 rings (SSSR count). The van der Waals surface area contributed by atoms with Crippen LogP contribution in [0.1, 0.15) is 54.8 Å². The number of hydrogen-bond donors (Lipinski definition) is 1. The van der Waals surface area contributed by atoms with Crippen LogP contribution in [-0.4, -0.2) is 11.9 Å². The lowest BCUT2D eigenvalue weighted by Gasteiger charge is -2.15. The van der Waals surface area contributed by atoms with Gasteiger partial charge in [0.05, 0.1) is 5.02 Å². The Morgan fingerprint density at radius 3 is 2.68 bits per heavy atom. The van der Waals surface area contributed by atoms with Gasteiger partial charge in [0.25, 0.3) is 5.91 Å². The number of halogens is 2. The number of amides is 1. The van der Waals surface area contributed by atoms with Crippen molar-refractivity contribution in [3.05, 3.63) is 51.3 Å². The Labute approximate surface area is 161 Å². The largest absolute Gasteiger partial charge is 0.484 e. The Morgan fingerprint density at radius 1 is 1.20 bits per heavy atom. The smallest absolute Gasteiger partial charge is 0.287 e. The molecule has 6 heteroatoms. The molecule has 0 unspecified atom stereocenters. The third-order valence-electron chi connectivity index (χ3n) is 4.34. The maximum Gasteiger partial charge on any atom is 0.287 e. The van der Waals surface area contributed by atoms with E-state index in [-0.39, 0.29) is 18.6 Å². The normalized spacial score (nSPS) is 15.6. The summed E-state index contributed by atoms with van der Waals surface area (Å²) in [5, 5.41) is 3.60. The van der Waals surface area contributed by atoms with Crippen molar-refractivity contribution >= 4 is 33.4 Å². The minimum Gasteiger partial charge on any atom is -0.484 e. The summed E-state index contributed by atoms with van der Waals surface area (Å²) in [7, 11) is 0. The molecule has 0 aliphatic heterocycles. The molecule has 0 bridgehead atoms. The van der Waals surface area contributed by atoms with Crippen LogP contribution in [0.3, 0.4) is 0 Å². The number of furan rings is 1. The molecule has 1 aromatic carbocycles. The highest BCUT2D eigenvalue weighted by molar-refractivity contribution is 9.10. The molecule has 25 heavy (non-hydrogen) atoms. The second-order valence-corrected chi connectivity index (χ2v) is 7.61. The van der Waals surface area contributed by atoms with E-state index < -0.39 is 0 Å². The van der Waals surface area contributed by atoms with Crippen LogP contribution in [0.25, 0.3) is 0 Å². The van der Waals surface area contributed by atoms with Crippen molar-refractivity contribution in [3.63, 3.8) is 0 Å². The van der Waals surface area contributed by atoms with Gasteiger partial charge in [-0.05, 0) is 43.2 Å². The summed E-state index contributed by atoms with van der Waals surface area (Å²) in [6, 6.07) is 9.11. The molecule has 0 spiro atoms. The lowest BCUT2D eigenvalue weighted by atomic mass is 10.1. The van der Waals surface area contributed by atoms with Gasteiger partial charge in [-0.1, -0.05) is 53.2 Å². The van der Waals surface area contributed by atoms with E-state index in [2.05, 4.69) is 21.2 Å². The van der Waals surface area contributed by atoms with Crippen LogP contribution in [0.4, 0.5) is 0 Å². The monoisotopic (exact) mass is 425 g/mol. The molecule has 1 heterocycles. The van der Waals surface area contributed by atoms with E-state index in [1.54, 1.807) is 24.3 Å². The summed E-state index contributed by atoms with van der Waals surface area (Å²) in [6.07, 6.45) is 6.96. The fourth-order valence-electron chi connectivity index (χ4n) is 3.00. The van der Waals surface area contributed by atoms with Gasteiger partial charge in [-0.15, -0.1) is 0 Å². The minimum atomic E-state index is -0.153. The summed E-state index contributed by atoms with van der Waals surface area (Å²) in [5.74, 6) is 1.33. The Hall–Kier alpha value is -1.46. The van der Waals surface area contributed by atoms with Gasteiger partial charge in [0.15, 0.2) is 5.76 Å². The Bertz CT molecular complexity index is 723. The zero-order valence-electron chi connectivity index (χ0n) is 13.9. The van der Waals surface area contributed by atoms with Crippen LogP contribution in [0.15, 0.2) is 39.2 Å². The number of hydrogen-bond acceptors (Lipinski definition) is 3. The summed E-state index contributed by atoms with van der Waals surface area (Å²) in [6.45, 7) is 0.220. The summed E-state index contributed by atoms with van der Waals surface area (Å²) in [5.41, 5.74) is 0. The van der Waals surface area contributed by atoms with Crippen molar-refractivity contribution in [3.8, 4) is 5.75 Å². The average molecular weight is 427 g/mol. The van der Waals surface area contributed by atoms with Crippen LogP contribution in [-0.2, 0) is 6.61 Å². The highest BCUT2D eigenvalue weighted by Gasteiger charge is 2.18. The summed E-state index contributed by atoms with van der Waals surface area (Å²) < 4.78 is 12.2. The van der Waals surface area contributed by atoms with E-state index in [0.29, 0.717) is 22.3 Å². The first-order valence-corrected chi connectivity index (χ1v) is 9.76. The Balaban J connectivity index is 1.55. The molecule has 1 N–H and O–H groups in total. The van der Waals surface area contributed by atoms with E-state index in [1.165, 1.54) is 25.7 Å². The molecular weight excluding hydrogens is 406 g/mol. The first-order chi connectivity index (χ1) is 12.1. The van der Waals surface area contributed by atoms with Gasteiger partial charge < -0.3 is 14.5 Å². The topological polar surface area (TPSA) is 51.5 Å². The van der Waals surface area contributed by atoms with E-state index in [9.17, 15) is 4.79 Å². The summed E-state index contributed by atoms with van der Waals surface area (Å²) in [4.78, 5) is 12.3. The molecule has 1 aliphatic rings. The van der Waals surface area contributed by atoms with Crippen LogP contribution in [0, 0.1) is 0 Å². The fourth-order valence-corrected chi connectivity index (χ4v) is 3.73. The van der Waals surface area contributed by atoms with Gasteiger partial charge in [0.1, 0.15) is 18.1 Å². The van der Waals surface area contributed by atoms with Gasteiger partial charge in [-0.25, -0.2) is 0 Å². The highest BCUT2D eigenvalue weighted by Crippen LogP contribution is 2.28. The maximum absolute atomic E-state index is 12.3.